The number of phenols is 1. The average Bonchev–Trinajstić information content (AvgIpc) is 3.48. The lowest BCUT2D eigenvalue weighted by Gasteiger charge is -2.36. The van der Waals surface area contributed by atoms with E-state index in [4.69, 9.17) is 14.5 Å². The van der Waals surface area contributed by atoms with Gasteiger partial charge < -0.3 is 14.8 Å². The lowest BCUT2D eigenvalue weighted by atomic mass is 10.1. The average molecular weight is 522 g/mol. The van der Waals surface area contributed by atoms with E-state index < -0.39 is 8.32 Å². The molecule has 4 aromatic rings. The first kappa shape index (κ1) is 26.1. The number of hydrogen-bond acceptors (Lipinski definition) is 7. The van der Waals surface area contributed by atoms with Crippen LogP contribution in [0.15, 0.2) is 48.1 Å². The molecule has 190 valence electrons. The number of pyridine rings is 1. The number of aromatic hydroxyl groups is 1. The first-order valence-electron chi connectivity index (χ1n) is 12.1. The van der Waals surface area contributed by atoms with E-state index in [9.17, 15) is 5.11 Å². The molecule has 0 fully saturated rings. The van der Waals surface area contributed by atoms with Crippen molar-refractivity contribution in [3.8, 4) is 22.1 Å². The van der Waals surface area contributed by atoms with E-state index >= 15 is 0 Å². The molecule has 0 saturated heterocycles. The van der Waals surface area contributed by atoms with E-state index in [0.29, 0.717) is 13.0 Å². The highest BCUT2D eigenvalue weighted by Crippen LogP contribution is 2.37. The highest BCUT2D eigenvalue weighted by Gasteiger charge is 2.37. The zero-order valence-corrected chi connectivity index (χ0v) is 23.9. The van der Waals surface area contributed by atoms with Crippen molar-refractivity contribution in [2.75, 3.05) is 11.9 Å². The molecule has 0 radical (unpaired) electrons. The molecule has 0 amide bonds. The van der Waals surface area contributed by atoms with Crippen molar-refractivity contribution in [3.63, 3.8) is 0 Å². The van der Waals surface area contributed by atoms with Crippen LogP contribution in [-0.4, -0.2) is 39.8 Å². The third kappa shape index (κ3) is 5.69. The third-order valence-electron chi connectivity index (χ3n) is 6.80. The standard InChI is InChI=1S/C27H35N5O2SSi/c1-18-16-20(33)8-9-22(18)30-25-21(11-14-34-36(6,7)27(3,4)5)24(17-19(2)29-25)32-13-10-23(31-32)26-28-12-15-35-26/h8-10,12-13,15-17,33H,11,14H2,1-7H3,(H,29,30). The summed E-state index contributed by atoms with van der Waals surface area (Å²) in [6.07, 6.45) is 4.45. The molecule has 0 bridgehead atoms. The number of thiazole rings is 1. The van der Waals surface area contributed by atoms with Crippen LogP contribution in [0.4, 0.5) is 11.5 Å². The van der Waals surface area contributed by atoms with E-state index in [1.165, 1.54) is 0 Å². The fraction of sp³-hybridized carbons (Fsp3) is 0.370. The molecule has 3 aromatic heterocycles. The number of anilines is 2. The molecule has 36 heavy (non-hydrogen) atoms. The molecule has 0 saturated carbocycles. The van der Waals surface area contributed by atoms with Crippen LogP contribution in [0.2, 0.25) is 18.1 Å². The summed E-state index contributed by atoms with van der Waals surface area (Å²) in [6.45, 7) is 15.8. The molecule has 0 unspecified atom stereocenters. The van der Waals surface area contributed by atoms with Gasteiger partial charge in [0.25, 0.3) is 0 Å². The maximum atomic E-state index is 9.86. The number of hydrogen-bond donors (Lipinski definition) is 2. The van der Waals surface area contributed by atoms with Crippen LogP contribution >= 0.6 is 11.3 Å². The molecule has 0 aliphatic rings. The van der Waals surface area contributed by atoms with E-state index in [1.54, 1.807) is 29.7 Å². The Kier molecular flexibility index (Phi) is 7.35. The van der Waals surface area contributed by atoms with Gasteiger partial charge in [0, 0.05) is 47.7 Å². The van der Waals surface area contributed by atoms with Crippen LogP contribution in [0.1, 0.15) is 37.6 Å². The van der Waals surface area contributed by atoms with Crippen molar-refractivity contribution in [1.29, 1.82) is 0 Å². The Morgan fingerprint density at radius 3 is 2.58 bits per heavy atom. The minimum atomic E-state index is -1.90. The van der Waals surface area contributed by atoms with Gasteiger partial charge in [-0.1, -0.05) is 20.8 Å². The van der Waals surface area contributed by atoms with Gasteiger partial charge in [-0.15, -0.1) is 11.3 Å². The Balaban J connectivity index is 1.74. The summed E-state index contributed by atoms with van der Waals surface area (Å²) in [4.78, 5) is 9.27. The lowest BCUT2D eigenvalue weighted by Crippen LogP contribution is -2.41. The van der Waals surface area contributed by atoms with Crippen LogP contribution in [0.5, 0.6) is 5.75 Å². The molecule has 1 aromatic carbocycles. The van der Waals surface area contributed by atoms with Crippen molar-refractivity contribution >= 4 is 31.2 Å². The number of benzene rings is 1. The number of aromatic nitrogens is 4. The van der Waals surface area contributed by atoms with Crippen LogP contribution < -0.4 is 5.32 Å². The predicted molar refractivity (Wildman–Crippen MR) is 150 cm³/mol. The summed E-state index contributed by atoms with van der Waals surface area (Å²) >= 11 is 1.57. The van der Waals surface area contributed by atoms with Crippen LogP contribution in [0.25, 0.3) is 16.4 Å². The number of nitrogens with zero attached hydrogens (tertiary/aromatic N) is 4. The molecular formula is C27H35N5O2SSi. The van der Waals surface area contributed by atoms with Gasteiger partial charge in [-0.3, -0.25) is 0 Å². The Hall–Kier alpha value is -3.01. The Morgan fingerprint density at radius 2 is 1.92 bits per heavy atom. The van der Waals surface area contributed by atoms with Gasteiger partial charge in [0.15, 0.2) is 8.32 Å². The highest BCUT2D eigenvalue weighted by molar-refractivity contribution is 7.13. The van der Waals surface area contributed by atoms with Gasteiger partial charge in [0.1, 0.15) is 22.3 Å². The van der Waals surface area contributed by atoms with Gasteiger partial charge in [0.05, 0.1) is 5.69 Å². The summed E-state index contributed by atoms with van der Waals surface area (Å²) in [6, 6.07) is 9.35. The number of nitrogens with one attached hydrogen (secondary N) is 1. The van der Waals surface area contributed by atoms with E-state index in [2.05, 4.69) is 50.2 Å². The Morgan fingerprint density at radius 1 is 1.14 bits per heavy atom. The van der Waals surface area contributed by atoms with Gasteiger partial charge in [-0.05, 0) is 67.9 Å². The molecule has 9 heteroatoms. The predicted octanol–water partition coefficient (Wildman–Crippen LogP) is 7.02. The molecule has 4 rings (SSSR count). The second kappa shape index (κ2) is 10.2. The summed E-state index contributed by atoms with van der Waals surface area (Å²) in [5, 5.41) is 21.2. The number of rotatable bonds is 8. The second-order valence-corrected chi connectivity index (χ2v) is 16.3. The van der Waals surface area contributed by atoms with Crippen molar-refractivity contribution in [3.05, 3.63) is 64.9 Å². The molecule has 0 aliphatic heterocycles. The molecule has 7 nitrogen and oxygen atoms in total. The first-order valence-corrected chi connectivity index (χ1v) is 15.9. The number of aryl methyl sites for hydroxylation is 2. The van der Waals surface area contributed by atoms with Crippen molar-refractivity contribution < 1.29 is 9.53 Å². The van der Waals surface area contributed by atoms with Crippen LogP contribution in [0.3, 0.4) is 0 Å². The van der Waals surface area contributed by atoms with Crippen molar-refractivity contribution in [1.82, 2.24) is 19.7 Å². The van der Waals surface area contributed by atoms with Crippen LogP contribution in [0, 0.1) is 13.8 Å². The van der Waals surface area contributed by atoms with Crippen molar-refractivity contribution in [2.24, 2.45) is 0 Å². The minimum absolute atomic E-state index is 0.135. The summed E-state index contributed by atoms with van der Waals surface area (Å²) < 4.78 is 8.44. The summed E-state index contributed by atoms with van der Waals surface area (Å²) in [5.74, 6) is 1.01. The quantitative estimate of drug-likeness (QED) is 0.191. The summed E-state index contributed by atoms with van der Waals surface area (Å²) in [7, 11) is -1.90. The molecule has 0 atom stereocenters. The fourth-order valence-electron chi connectivity index (χ4n) is 3.70. The van der Waals surface area contributed by atoms with Crippen molar-refractivity contribution in [2.45, 2.75) is 59.2 Å². The Bertz CT molecular complexity index is 1340. The van der Waals surface area contributed by atoms with Gasteiger partial charge in [-0.2, -0.15) is 5.10 Å². The summed E-state index contributed by atoms with van der Waals surface area (Å²) in [5.41, 5.74) is 5.54. The molecule has 0 spiro atoms. The normalized spacial score (nSPS) is 12.2. The first-order chi connectivity index (χ1) is 16.9. The maximum absolute atomic E-state index is 9.86. The van der Waals surface area contributed by atoms with E-state index in [0.717, 1.165) is 44.7 Å². The minimum Gasteiger partial charge on any atom is -0.508 e. The van der Waals surface area contributed by atoms with E-state index in [-0.39, 0.29) is 10.8 Å². The molecule has 0 aliphatic carbocycles. The monoisotopic (exact) mass is 521 g/mol. The lowest BCUT2D eigenvalue weighted by molar-refractivity contribution is 0.292. The second-order valence-electron chi connectivity index (χ2n) is 10.6. The Labute approximate surface area is 218 Å². The van der Waals surface area contributed by atoms with Gasteiger partial charge >= 0.3 is 0 Å². The topological polar surface area (TPSA) is 85.1 Å². The molecule has 3 heterocycles. The van der Waals surface area contributed by atoms with Crippen LogP contribution in [-0.2, 0) is 10.8 Å². The van der Waals surface area contributed by atoms with Gasteiger partial charge in [-0.25, -0.2) is 14.6 Å². The largest absolute Gasteiger partial charge is 0.508 e. The fourth-order valence-corrected chi connectivity index (χ4v) is 5.35. The molecule has 2 N–H and O–H groups in total. The zero-order chi connectivity index (χ0) is 26.1. The molecular weight excluding hydrogens is 486 g/mol. The highest BCUT2D eigenvalue weighted by atomic mass is 32.1. The van der Waals surface area contributed by atoms with E-state index in [1.807, 2.05) is 42.2 Å². The van der Waals surface area contributed by atoms with Gasteiger partial charge in [0.2, 0.25) is 0 Å². The maximum Gasteiger partial charge on any atom is 0.191 e. The SMILES string of the molecule is Cc1cc(-n2ccc(-c3nccs3)n2)c(CCO[Si](C)(C)C(C)(C)C)c(Nc2ccc(O)cc2C)n1. The zero-order valence-electron chi connectivity index (χ0n) is 22.1. The number of phenolic OH excluding ortho intramolecular Hbond substituents is 1. The third-order valence-corrected chi connectivity index (χ3v) is 12.1. The smallest absolute Gasteiger partial charge is 0.191 e.